The van der Waals surface area contributed by atoms with Gasteiger partial charge in [-0.05, 0) is 29.5 Å². The Morgan fingerprint density at radius 1 is 1.64 bits per heavy atom. The van der Waals surface area contributed by atoms with Crippen LogP contribution >= 0.6 is 22.6 Å². The first-order chi connectivity index (χ1) is 5.25. The predicted octanol–water partition coefficient (Wildman–Crippen LogP) is 2.22. The van der Waals surface area contributed by atoms with Crippen LogP contribution in [-0.4, -0.2) is 11.6 Å². The average Bonchev–Trinajstić information content (AvgIpc) is 1.99. The summed E-state index contributed by atoms with van der Waals surface area (Å²) in [7, 11) is 0. The van der Waals surface area contributed by atoms with Crippen LogP contribution in [0.25, 0.3) is 0 Å². The van der Waals surface area contributed by atoms with Crippen molar-refractivity contribution in [3.8, 4) is 5.75 Å². The maximum absolute atomic E-state index is 12.8. The molecular formula is C7H7FINO. The van der Waals surface area contributed by atoms with Gasteiger partial charge >= 0.3 is 0 Å². The maximum Gasteiger partial charge on any atom is 0.158 e. The number of aromatic nitrogens is 1. The van der Waals surface area contributed by atoms with Gasteiger partial charge in [-0.1, -0.05) is 0 Å². The highest BCUT2D eigenvalue weighted by atomic mass is 127. The highest BCUT2D eigenvalue weighted by Gasteiger charge is 2.05. The first-order valence-corrected chi connectivity index (χ1v) is 4.25. The van der Waals surface area contributed by atoms with Gasteiger partial charge in [0.15, 0.2) is 11.6 Å². The fourth-order valence-corrected chi connectivity index (χ4v) is 1.09. The van der Waals surface area contributed by atoms with Crippen LogP contribution in [0.5, 0.6) is 5.75 Å². The van der Waals surface area contributed by atoms with Crippen molar-refractivity contribution in [2.75, 3.05) is 6.61 Å². The molecule has 1 rings (SSSR count). The van der Waals surface area contributed by atoms with Crippen molar-refractivity contribution < 1.29 is 9.13 Å². The van der Waals surface area contributed by atoms with E-state index in [-0.39, 0.29) is 5.82 Å². The Bertz CT molecular complexity index is 254. The number of ether oxygens (including phenoxy) is 1. The molecule has 0 bridgehead atoms. The molecule has 1 heterocycles. The maximum atomic E-state index is 12.8. The summed E-state index contributed by atoms with van der Waals surface area (Å²) in [6.45, 7) is 2.38. The Balaban J connectivity index is 2.96. The predicted molar refractivity (Wildman–Crippen MR) is 48.1 cm³/mol. The van der Waals surface area contributed by atoms with Crippen molar-refractivity contribution in [1.29, 1.82) is 0 Å². The van der Waals surface area contributed by atoms with Gasteiger partial charge in [0.05, 0.1) is 22.6 Å². The van der Waals surface area contributed by atoms with Crippen molar-refractivity contribution >= 4 is 22.6 Å². The van der Waals surface area contributed by atoms with E-state index in [1.807, 2.05) is 29.5 Å². The van der Waals surface area contributed by atoms with Gasteiger partial charge in [0.25, 0.3) is 0 Å². The quantitative estimate of drug-likeness (QED) is 0.766. The number of nitrogens with zero attached hydrogens (tertiary/aromatic N) is 1. The monoisotopic (exact) mass is 267 g/mol. The number of pyridine rings is 1. The molecule has 0 saturated carbocycles. The normalized spacial score (nSPS) is 9.73. The molecule has 0 radical (unpaired) electrons. The Kier molecular flexibility index (Phi) is 3.04. The van der Waals surface area contributed by atoms with Crippen LogP contribution in [0.2, 0.25) is 0 Å². The summed E-state index contributed by atoms with van der Waals surface area (Å²) in [6, 6.07) is 0. The molecule has 1 aromatic rings. The molecule has 0 unspecified atom stereocenters. The molecule has 0 atom stereocenters. The Morgan fingerprint density at radius 3 is 3.00 bits per heavy atom. The molecule has 0 aromatic carbocycles. The van der Waals surface area contributed by atoms with Crippen LogP contribution in [-0.2, 0) is 0 Å². The minimum absolute atomic E-state index is 0.337. The van der Waals surface area contributed by atoms with Crippen LogP contribution in [0.3, 0.4) is 0 Å². The first kappa shape index (κ1) is 8.70. The second-order valence-electron chi connectivity index (χ2n) is 1.87. The SMILES string of the molecule is CCOc1cncc(F)c1I. The molecule has 0 aliphatic heterocycles. The lowest BCUT2D eigenvalue weighted by Crippen LogP contribution is -1.96. The molecule has 0 N–H and O–H groups in total. The van der Waals surface area contributed by atoms with Crippen LogP contribution in [0.4, 0.5) is 4.39 Å². The zero-order valence-electron chi connectivity index (χ0n) is 5.97. The van der Waals surface area contributed by atoms with Crippen LogP contribution in [0.1, 0.15) is 6.92 Å². The molecule has 0 saturated heterocycles. The van der Waals surface area contributed by atoms with E-state index in [2.05, 4.69) is 4.98 Å². The summed E-state index contributed by atoms with van der Waals surface area (Å²) < 4.78 is 18.3. The molecule has 2 nitrogen and oxygen atoms in total. The lowest BCUT2D eigenvalue weighted by molar-refractivity contribution is 0.333. The summed E-state index contributed by atoms with van der Waals surface area (Å²) in [6.07, 6.45) is 2.68. The van der Waals surface area contributed by atoms with Gasteiger partial charge in [0.1, 0.15) is 0 Å². The zero-order valence-corrected chi connectivity index (χ0v) is 8.13. The lowest BCUT2D eigenvalue weighted by Gasteiger charge is -2.03. The van der Waals surface area contributed by atoms with Gasteiger partial charge < -0.3 is 4.74 Å². The standard InChI is InChI=1S/C7H7FINO/c1-2-11-6-4-10-3-5(8)7(6)9/h3-4H,2H2,1H3. The largest absolute Gasteiger partial charge is 0.491 e. The topological polar surface area (TPSA) is 22.1 Å². The summed E-state index contributed by atoms with van der Waals surface area (Å²) in [5.74, 6) is 0.171. The third-order valence-electron chi connectivity index (χ3n) is 1.11. The third kappa shape index (κ3) is 2.02. The lowest BCUT2D eigenvalue weighted by atomic mass is 10.4. The van der Waals surface area contributed by atoms with E-state index in [1.165, 1.54) is 12.4 Å². The van der Waals surface area contributed by atoms with Crippen molar-refractivity contribution in [2.45, 2.75) is 6.92 Å². The van der Waals surface area contributed by atoms with Crippen molar-refractivity contribution in [2.24, 2.45) is 0 Å². The average molecular weight is 267 g/mol. The molecule has 4 heteroatoms. The van der Waals surface area contributed by atoms with Gasteiger partial charge in [-0.25, -0.2) is 4.39 Å². The van der Waals surface area contributed by atoms with E-state index in [9.17, 15) is 4.39 Å². The minimum Gasteiger partial charge on any atom is -0.491 e. The molecule has 0 amide bonds. The van der Waals surface area contributed by atoms with Gasteiger partial charge in [-0.15, -0.1) is 0 Å². The molecule has 0 spiro atoms. The van der Waals surface area contributed by atoms with E-state index >= 15 is 0 Å². The number of rotatable bonds is 2. The molecule has 0 fully saturated rings. The van der Waals surface area contributed by atoms with E-state index in [0.29, 0.717) is 15.9 Å². The second kappa shape index (κ2) is 3.85. The molecular weight excluding hydrogens is 260 g/mol. The molecule has 1 aromatic heterocycles. The van der Waals surface area contributed by atoms with Gasteiger partial charge in [0.2, 0.25) is 0 Å². The van der Waals surface area contributed by atoms with E-state index in [4.69, 9.17) is 4.74 Å². The van der Waals surface area contributed by atoms with Crippen LogP contribution in [0, 0.1) is 9.39 Å². The summed E-state index contributed by atoms with van der Waals surface area (Å²) in [5.41, 5.74) is 0. The fourth-order valence-electron chi connectivity index (χ4n) is 0.658. The summed E-state index contributed by atoms with van der Waals surface area (Å²) in [4.78, 5) is 3.66. The Morgan fingerprint density at radius 2 is 2.36 bits per heavy atom. The second-order valence-corrected chi connectivity index (χ2v) is 2.95. The van der Waals surface area contributed by atoms with E-state index in [0.717, 1.165) is 0 Å². The van der Waals surface area contributed by atoms with Gasteiger partial charge in [-0.3, -0.25) is 4.98 Å². The highest BCUT2D eigenvalue weighted by Crippen LogP contribution is 2.21. The molecule has 60 valence electrons. The fraction of sp³-hybridized carbons (Fsp3) is 0.286. The zero-order chi connectivity index (χ0) is 8.27. The van der Waals surface area contributed by atoms with Crippen molar-refractivity contribution in [3.63, 3.8) is 0 Å². The summed E-state index contributed by atoms with van der Waals surface area (Å²) >= 11 is 1.89. The molecule has 11 heavy (non-hydrogen) atoms. The van der Waals surface area contributed by atoms with Crippen LogP contribution in [0.15, 0.2) is 12.4 Å². The number of hydrogen-bond donors (Lipinski definition) is 0. The van der Waals surface area contributed by atoms with Gasteiger partial charge in [0, 0.05) is 0 Å². The van der Waals surface area contributed by atoms with Crippen LogP contribution < -0.4 is 4.74 Å². The summed E-state index contributed by atoms with van der Waals surface area (Å²) in [5, 5.41) is 0. The molecule has 0 aliphatic carbocycles. The van der Waals surface area contributed by atoms with Crippen molar-refractivity contribution in [3.05, 3.63) is 21.8 Å². The Labute approximate surface area is 77.9 Å². The van der Waals surface area contributed by atoms with E-state index in [1.54, 1.807) is 0 Å². The van der Waals surface area contributed by atoms with Crippen molar-refractivity contribution in [1.82, 2.24) is 4.98 Å². The number of hydrogen-bond acceptors (Lipinski definition) is 2. The van der Waals surface area contributed by atoms with E-state index < -0.39 is 0 Å². The molecule has 0 aliphatic rings. The third-order valence-corrected chi connectivity index (χ3v) is 2.15. The number of halogens is 2. The van der Waals surface area contributed by atoms with Gasteiger partial charge in [-0.2, -0.15) is 0 Å². The Hall–Kier alpha value is -0.390. The highest BCUT2D eigenvalue weighted by molar-refractivity contribution is 14.1. The minimum atomic E-state index is -0.337. The first-order valence-electron chi connectivity index (χ1n) is 3.17. The smallest absolute Gasteiger partial charge is 0.158 e.